The molecule has 0 saturated carbocycles. The average molecular weight is 318 g/mol. The van der Waals surface area contributed by atoms with Crippen LogP contribution < -0.4 is 10.6 Å². The number of hydrogen-bond donors (Lipinski definition) is 2. The fourth-order valence-electron chi connectivity index (χ4n) is 2.32. The molecule has 1 aliphatic heterocycles. The summed E-state index contributed by atoms with van der Waals surface area (Å²) < 4.78 is 0. The van der Waals surface area contributed by atoms with Gasteiger partial charge < -0.3 is 10.6 Å². The van der Waals surface area contributed by atoms with Gasteiger partial charge in [0, 0.05) is 29.8 Å². The van der Waals surface area contributed by atoms with Gasteiger partial charge in [0.2, 0.25) is 5.91 Å². The molecule has 1 amide bonds. The molecule has 2 N–H and O–H groups in total. The third-order valence-electron chi connectivity index (χ3n) is 3.49. The average Bonchev–Trinajstić information content (AvgIpc) is 2.42. The minimum absolute atomic E-state index is 0. The first-order valence-electron chi connectivity index (χ1n) is 6.62. The molecule has 1 aliphatic rings. The predicted octanol–water partition coefficient (Wildman–Crippen LogP) is 2.38. The van der Waals surface area contributed by atoms with E-state index in [0.717, 1.165) is 31.6 Å². The Morgan fingerprint density at radius 2 is 1.90 bits per heavy atom. The van der Waals surface area contributed by atoms with Crippen molar-refractivity contribution in [2.24, 2.45) is 0 Å². The molecule has 1 fully saturated rings. The lowest BCUT2D eigenvalue weighted by Crippen LogP contribution is -2.44. The van der Waals surface area contributed by atoms with Crippen LogP contribution in [0.25, 0.3) is 0 Å². The van der Waals surface area contributed by atoms with Gasteiger partial charge in [-0.15, -0.1) is 12.4 Å². The highest BCUT2D eigenvalue weighted by atomic mass is 35.5. The zero-order valence-corrected chi connectivity index (χ0v) is 13.1. The number of carbonyl (C=O) groups is 1. The summed E-state index contributed by atoms with van der Waals surface area (Å²) in [5.74, 6) is 0.0326. The van der Waals surface area contributed by atoms with Crippen molar-refractivity contribution in [3.8, 4) is 0 Å². The Kier molecular flexibility index (Phi) is 7.30. The second-order valence-corrected chi connectivity index (χ2v) is 5.33. The van der Waals surface area contributed by atoms with Crippen LogP contribution >= 0.6 is 24.0 Å². The number of hydrogen-bond acceptors (Lipinski definition) is 3. The van der Waals surface area contributed by atoms with E-state index in [1.807, 2.05) is 19.2 Å². The Bertz CT molecular complexity index is 417. The molecular formula is C14H21Cl2N3O. The Morgan fingerprint density at radius 3 is 2.45 bits per heavy atom. The normalized spacial score (nSPS) is 16.5. The second kappa shape index (κ2) is 8.47. The molecule has 1 saturated heterocycles. The van der Waals surface area contributed by atoms with Gasteiger partial charge in [-0.2, -0.15) is 0 Å². The molecule has 0 unspecified atom stereocenters. The molecule has 0 bridgehead atoms. The maximum Gasteiger partial charge on any atom is 0.238 e. The van der Waals surface area contributed by atoms with Crippen LogP contribution in [0.1, 0.15) is 12.8 Å². The van der Waals surface area contributed by atoms with E-state index < -0.39 is 0 Å². The first-order valence-corrected chi connectivity index (χ1v) is 7.00. The summed E-state index contributed by atoms with van der Waals surface area (Å²) in [7, 11) is 1.99. The van der Waals surface area contributed by atoms with Crippen molar-refractivity contribution >= 4 is 35.6 Å². The SMILES string of the molecule is CNC1CCN(CC(=O)Nc2ccc(Cl)cc2)CC1.Cl. The highest BCUT2D eigenvalue weighted by Crippen LogP contribution is 2.14. The molecule has 2 rings (SSSR count). The maximum atomic E-state index is 11.9. The number of amides is 1. The number of benzene rings is 1. The fraction of sp³-hybridized carbons (Fsp3) is 0.500. The van der Waals surface area contributed by atoms with E-state index in [2.05, 4.69) is 15.5 Å². The number of nitrogens with zero attached hydrogens (tertiary/aromatic N) is 1. The topological polar surface area (TPSA) is 44.4 Å². The number of rotatable bonds is 4. The lowest BCUT2D eigenvalue weighted by molar-refractivity contribution is -0.117. The Morgan fingerprint density at radius 1 is 1.30 bits per heavy atom. The molecule has 6 heteroatoms. The van der Waals surface area contributed by atoms with Gasteiger partial charge in [-0.25, -0.2) is 0 Å². The lowest BCUT2D eigenvalue weighted by atomic mass is 10.1. The van der Waals surface area contributed by atoms with Crippen LogP contribution in [0.3, 0.4) is 0 Å². The Hall–Kier alpha value is -0.810. The zero-order valence-electron chi connectivity index (χ0n) is 11.6. The quantitative estimate of drug-likeness (QED) is 0.896. The number of piperidine rings is 1. The van der Waals surface area contributed by atoms with Crippen molar-refractivity contribution in [1.29, 1.82) is 0 Å². The van der Waals surface area contributed by atoms with Crippen LogP contribution in [0.2, 0.25) is 5.02 Å². The summed E-state index contributed by atoms with van der Waals surface area (Å²) in [6.45, 7) is 2.40. The first-order chi connectivity index (χ1) is 9.17. The van der Waals surface area contributed by atoms with Crippen LogP contribution in [0.5, 0.6) is 0 Å². The predicted molar refractivity (Wildman–Crippen MR) is 85.9 cm³/mol. The van der Waals surface area contributed by atoms with E-state index in [9.17, 15) is 4.79 Å². The fourth-order valence-corrected chi connectivity index (χ4v) is 2.44. The monoisotopic (exact) mass is 317 g/mol. The minimum Gasteiger partial charge on any atom is -0.325 e. The summed E-state index contributed by atoms with van der Waals surface area (Å²) in [6.07, 6.45) is 2.20. The molecule has 0 aliphatic carbocycles. The van der Waals surface area contributed by atoms with Crippen molar-refractivity contribution < 1.29 is 4.79 Å². The summed E-state index contributed by atoms with van der Waals surface area (Å²) in [5.41, 5.74) is 0.791. The van der Waals surface area contributed by atoms with E-state index in [1.165, 1.54) is 0 Å². The van der Waals surface area contributed by atoms with E-state index >= 15 is 0 Å². The zero-order chi connectivity index (χ0) is 13.7. The molecule has 1 aromatic rings. The van der Waals surface area contributed by atoms with Crippen LogP contribution in [-0.2, 0) is 4.79 Å². The van der Waals surface area contributed by atoms with Gasteiger partial charge in [-0.3, -0.25) is 9.69 Å². The lowest BCUT2D eigenvalue weighted by Gasteiger charge is -2.31. The van der Waals surface area contributed by atoms with Gasteiger partial charge in [0.1, 0.15) is 0 Å². The van der Waals surface area contributed by atoms with E-state index in [-0.39, 0.29) is 18.3 Å². The third kappa shape index (κ3) is 5.29. The molecule has 0 aromatic heterocycles. The van der Waals surface area contributed by atoms with Gasteiger partial charge in [0.25, 0.3) is 0 Å². The van der Waals surface area contributed by atoms with E-state index in [0.29, 0.717) is 17.6 Å². The van der Waals surface area contributed by atoms with Crippen LogP contribution in [0.15, 0.2) is 24.3 Å². The Balaban J connectivity index is 0.00000200. The molecule has 0 spiro atoms. The smallest absolute Gasteiger partial charge is 0.238 e. The summed E-state index contributed by atoms with van der Waals surface area (Å²) in [5, 5.41) is 6.84. The summed E-state index contributed by atoms with van der Waals surface area (Å²) in [4.78, 5) is 14.1. The minimum atomic E-state index is 0. The van der Waals surface area contributed by atoms with Gasteiger partial charge >= 0.3 is 0 Å². The highest BCUT2D eigenvalue weighted by molar-refractivity contribution is 6.30. The summed E-state index contributed by atoms with van der Waals surface area (Å²) >= 11 is 5.80. The highest BCUT2D eigenvalue weighted by Gasteiger charge is 2.19. The van der Waals surface area contributed by atoms with Gasteiger partial charge in [-0.05, 0) is 44.2 Å². The van der Waals surface area contributed by atoms with Gasteiger partial charge in [-0.1, -0.05) is 11.6 Å². The molecule has 1 aromatic carbocycles. The molecule has 0 radical (unpaired) electrons. The molecule has 112 valence electrons. The molecule has 20 heavy (non-hydrogen) atoms. The van der Waals surface area contributed by atoms with Crippen molar-refractivity contribution in [3.63, 3.8) is 0 Å². The molecule has 1 heterocycles. The molecule has 4 nitrogen and oxygen atoms in total. The van der Waals surface area contributed by atoms with E-state index in [1.54, 1.807) is 12.1 Å². The van der Waals surface area contributed by atoms with Gasteiger partial charge in [0.05, 0.1) is 6.54 Å². The van der Waals surface area contributed by atoms with Crippen molar-refractivity contribution in [2.45, 2.75) is 18.9 Å². The summed E-state index contributed by atoms with van der Waals surface area (Å²) in [6, 6.07) is 7.77. The van der Waals surface area contributed by atoms with Gasteiger partial charge in [0.15, 0.2) is 0 Å². The third-order valence-corrected chi connectivity index (χ3v) is 3.74. The standard InChI is InChI=1S/C14H20ClN3O.ClH/c1-16-12-6-8-18(9-7-12)10-14(19)17-13-4-2-11(15)3-5-13;/h2-5,12,16H,6-10H2,1H3,(H,17,19);1H. The van der Waals surface area contributed by atoms with Crippen LogP contribution in [-0.4, -0.2) is 43.5 Å². The second-order valence-electron chi connectivity index (χ2n) is 4.89. The molecule has 0 atom stereocenters. The molecular weight excluding hydrogens is 297 g/mol. The van der Waals surface area contributed by atoms with Crippen LogP contribution in [0.4, 0.5) is 5.69 Å². The number of halogens is 2. The first kappa shape index (κ1) is 17.2. The number of likely N-dealkylation sites (tertiary alicyclic amines) is 1. The van der Waals surface area contributed by atoms with Crippen molar-refractivity contribution in [2.75, 3.05) is 32.0 Å². The largest absolute Gasteiger partial charge is 0.325 e. The van der Waals surface area contributed by atoms with Crippen molar-refractivity contribution in [3.05, 3.63) is 29.3 Å². The van der Waals surface area contributed by atoms with Crippen LogP contribution in [0, 0.1) is 0 Å². The maximum absolute atomic E-state index is 11.9. The number of anilines is 1. The van der Waals surface area contributed by atoms with Crippen molar-refractivity contribution in [1.82, 2.24) is 10.2 Å². The Labute approximate surface area is 131 Å². The van der Waals surface area contributed by atoms with E-state index in [4.69, 9.17) is 11.6 Å². The number of nitrogens with one attached hydrogen (secondary N) is 2. The number of carbonyl (C=O) groups excluding carboxylic acids is 1.